The van der Waals surface area contributed by atoms with Crippen molar-refractivity contribution in [2.45, 2.75) is 19.4 Å². The van der Waals surface area contributed by atoms with Crippen LogP contribution >= 0.6 is 0 Å². The van der Waals surface area contributed by atoms with Crippen LogP contribution in [-0.4, -0.2) is 31.4 Å². The zero-order valence-electron chi connectivity index (χ0n) is 10.7. The fourth-order valence-corrected chi connectivity index (χ4v) is 1.39. The highest BCUT2D eigenvalue weighted by atomic mass is 16.2. The molecule has 0 radical (unpaired) electrons. The van der Waals surface area contributed by atoms with E-state index >= 15 is 0 Å². The van der Waals surface area contributed by atoms with Gasteiger partial charge in [-0.15, -0.1) is 0 Å². The highest BCUT2D eigenvalue weighted by molar-refractivity contribution is 5.96. The first-order valence-electron chi connectivity index (χ1n) is 5.93. The van der Waals surface area contributed by atoms with Crippen LogP contribution in [0.4, 0.5) is 5.69 Å². The fraction of sp³-hybridized carbons (Fsp3) is 0.385. The normalized spacial score (nSPS) is 11.7. The van der Waals surface area contributed by atoms with Gasteiger partial charge < -0.3 is 16.0 Å². The number of carbonyl (C=O) groups excluding carboxylic acids is 2. The second-order valence-electron chi connectivity index (χ2n) is 4.00. The molecule has 0 aliphatic carbocycles. The predicted octanol–water partition coefficient (Wildman–Crippen LogP) is 0.739. The second-order valence-corrected chi connectivity index (χ2v) is 4.00. The number of hydrogen-bond acceptors (Lipinski definition) is 3. The van der Waals surface area contributed by atoms with Gasteiger partial charge in [0.2, 0.25) is 11.8 Å². The molecule has 0 spiro atoms. The lowest BCUT2D eigenvalue weighted by atomic mass is 10.2. The molecule has 0 saturated carbocycles. The number of amides is 2. The average molecular weight is 249 g/mol. The van der Waals surface area contributed by atoms with Crippen molar-refractivity contribution in [2.24, 2.45) is 0 Å². The van der Waals surface area contributed by atoms with Crippen molar-refractivity contribution < 1.29 is 9.59 Å². The Hall–Kier alpha value is -1.88. The van der Waals surface area contributed by atoms with Crippen molar-refractivity contribution in [3.05, 3.63) is 30.3 Å². The van der Waals surface area contributed by atoms with E-state index in [9.17, 15) is 9.59 Å². The Labute approximate surface area is 107 Å². The molecule has 2 amide bonds. The van der Waals surface area contributed by atoms with Crippen molar-refractivity contribution in [3.63, 3.8) is 0 Å². The molecule has 0 aliphatic rings. The number of benzene rings is 1. The van der Waals surface area contributed by atoms with Crippen LogP contribution in [-0.2, 0) is 9.59 Å². The molecule has 5 nitrogen and oxygen atoms in total. The molecule has 1 aromatic carbocycles. The maximum atomic E-state index is 11.8. The molecule has 98 valence electrons. The number of nitrogens with one attached hydrogen (secondary N) is 3. The third-order valence-corrected chi connectivity index (χ3v) is 2.41. The molecule has 1 atom stereocenters. The summed E-state index contributed by atoms with van der Waals surface area (Å²) >= 11 is 0. The lowest BCUT2D eigenvalue weighted by molar-refractivity contribution is -0.126. The largest absolute Gasteiger partial charge is 0.345 e. The number of hydrogen-bond donors (Lipinski definition) is 3. The summed E-state index contributed by atoms with van der Waals surface area (Å²) in [5.41, 5.74) is 0.721. The van der Waals surface area contributed by atoms with Gasteiger partial charge in [-0.2, -0.15) is 0 Å². The van der Waals surface area contributed by atoms with Crippen LogP contribution in [0.1, 0.15) is 13.3 Å². The van der Waals surface area contributed by atoms with Crippen LogP contribution in [0.2, 0.25) is 0 Å². The van der Waals surface area contributed by atoms with Gasteiger partial charge in [0.25, 0.3) is 0 Å². The monoisotopic (exact) mass is 249 g/mol. The van der Waals surface area contributed by atoms with E-state index < -0.39 is 6.04 Å². The van der Waals surface area contributed by atoms with Crippen LogP contribution in [0.3, 0.4) is 0 Å². The number of carbonyl (C=O) groups is 2. The van der Waals surface area contributed by atoms with Gasteiger partial charge in [0.1, 0.15) is 6.04 Å². The van der Waals surface area contributed by atoms with Crippen LogP contribution in [0.15, 0.2) is 30.3 Å². The maximum Gasteiger partial charge on any atom is 0.246 e. The maximum absolute atomic E-state index is 11.8. The third-order valence-electron chi connectivity index (χ3n) is 2.41. The molecule has 0 aromatic heterocycles. The van der Waals surface area contributed by atoms with E-state index in [4.69, 9.17) is 0 Å². The van der Waals surface area contributed by atoms with Crippen molar-refractivity contribution in [1.82, 2.24) is 10.6 Å². The van der Waals surface area contributed by atoms with Gasteiger partial charge in [-0.1, -0.05) is 18.2 Å². The summed E-state index contributed by atoms with van der Waals surface area (Å²) in [6, 6.07) is 8.60. The lowest BCUT2D eigenvalue weighted by Crippen LogP contribution is -2.42. The lowest BCUT2D eigenvalue weighted by Gasteiger charge is -2.14. The highest BCUT2D eigenvalue weighted by Gasteiger charge is 2.14. The van der Waals surface area contributed by atoms with Gasteiger partial charge in [0, 0.05) is 18.7 Å². The van der Waals surface area contributed by atoms with Gasteiger partial charge in [0.15, 0.2) is 0 Å². The summed E-state index contributed by atoms with van der Waals surface area (Å²) in [5.74, 6) is -0.362. The smallest absolute Gasteiger partial charge is 0.246 e. The Bertz CT molecular complexity index is 392. The minimum absolute atomic E-state index is 0.139. The summed E-state index contributed by atoms with van der Waals surface area (Å²) in [6.45, 7) is 2.26. The van der Waals surface area contributed by atoms with Crippen LogP contribution in [0.5, 0.6) is 0 Å². The predicted molar refractivity (Wildman–Crippen MR) is 71.2 cm³/mol. The van der Waals surface area contributed by atoms with Crippen LogP contribution < -0.4 is 16.0 Å². The molecule has 5 heteroatoms. The fourth-order valence-electron chi connectivity index (χ4n) is 1.39. The molecule has 1 rings (SSSR count). The van der Waals surface area contributed by atoms with E-state index in [2.05, 4.69) is 16.0 Å². The first-order chi connectivity index (χ1) is 8.63. The average Bonchev–Trinajstić information content (AvgIpc) is 2.37. The highest BCUT2D eigenvalue weighted by Crippen LogP contribution is 2.05. The zero-order valence-corrected chi connectivity index (χ0v) is 10.7. The Kier molecular flexibility index (Phi) is 5.87. The quantitative estimate of drug-likeness (QED) is 0.696. The number of rotatable bonds is 6. The van der Waals surface area contributed by atoms with Crippen LogP contribution in [0, 0.1) is 0 Å². The SMILES string of the molecule is CNCCC(=O)NC(C)C(=O)Nc1ccccc1. The van der Waals surface area contributed by atoms with E-state index in [1.165, 1.54) is 0 Å². The van der Waals surface area contributed by atoms with E-state index in [0.717, 1.165) is 5.69 Å². The molecular weight excluding hydrogens is 230 g/mol. The summed E-state index contributed by atoms with van der Waals surface area (Å²) in [6.07, 6.45) is 0.361. The Morgan fingerprint density at radius 1 is 1.22 bits per heavy atom. The summed E-state index contributed by atoms with van der Waals surface area (Å²) in [5, 5.41) is 8.26. The Morgan fingerprint density at radius 3 is 2.50 bits per heavy atom. The van der Waals surface area contributed by atoms with Gasteiger partial charge >= 0.3 is 0 Å². The summed E-state index contributed by atoms with van der Waals surface area (Å²) in [4.78, 5) is 23.2. The van der Waals surface area contributed by atoms with Crippen molar-refractivity contribution in [3.8, 4) is 0 Å². The third kappa shape index (κ3) is 4.97. The standard InChI is InChI=1S/C13H19N3O2/c1-10(15-12(17)8-9-14-2)13(18)16-11-6-4-3-5-7-11/h3-7,10,14H,8-9H2,1-2H3,(H,15,17)(H,16,18). The van der Waals surface area contributed by atoms with Crippen molar-refractivity contribution in [1.29, 1.82) is 0 Å². The molecule has 0 saturated heterocycles. The number of para-hydroxylation sites is 1. The molecule has 0 bridgehead atoms. The molecule has 1 unspecified atom stereocenters. The Morgan fingerprint density at radius 2 is 1.89 bits per heavy atom. The second kappa shape index (κ2) is 7.45. The van der Waals surface area contributed by atoms with Crippen molar-refractivity contribution >= 4 is 17.5 Å². The van der Waals surface area contributed by atoms with Crippen LogP contribution in [0.25, 0.3) is 0 Å². The Balaban J connectivity index is 2.40. The van der Waals surface area contributed by atoms with E-state index in [0.29, 0.717) is 13.0 Å². The topological polar surface area (TPSA) is 70.2 Å². The molecule has 0 heterocycles. The van der Waals surface area contributed by atoms with Gasteiger partial charge in [-0.05, 0) is 26.1 Å². The molecular formula is C13H19N3O2. The molecule has 3 N–H and O–H groups in total. The molecule has 0 aliphatic heterocycles. The van der Waals surface area contributed by atoms with Gasteiger partial charge in [0.05, 0.1) is 0 Å². The van der Waals surface area contributed by atoms with Crippen molar-refractivity contribution in [2.75, 3.05) is 18.9 Å². The van der Waals surface area contributed by atoms with E-state index in [1.807, 2.05) is 18.2 Å². The first-order valence-corrected chi connectivity index (χ1v) is 5.93. The summed E-state index contributed by atoms with van der Waals surface area (Å²) < 4.78 is 0. The summed E-state index contributed by atoms with van der Waals surface area (Å²) in [7, 11) is 1.78. The van der Waals surface area contributed by atoms with Gasteiger partial charge in [-0.3, -0.25) is 9.59 Å². The first kappa shape index (κ1) is 14.2. The van der Waals surface area contributed by atoms with E-state index in [-0.39, 0.29) is 11.8 Å². The molecule has 18 heavy (non-hydrogen) atoms. The van der Waals surface area contributed by atoms with E-state index in [1.54, 1.807) is 26.1 Å². The molecule has 1 aromatic rings. The van der Waals surface area contributed by atoms with Gasteiger partial charge in [-0.25, -0.2) is 0 Å². The minimum atomic E-state index is -0.547. The number of anilines is 1. The molecule has 0 fully saturated rings. The zero-order chi connectivity index (χ0) is 13.4. The minimum Gasteiger partial charge on any atom is -0.345 e.